The van der Waals surface area contributed by atoms with E-state index in [-0.39, 0.29) is 24.4 Å². The Labute approximate surface area is 162 Å². The molecule has 2 amide bonds. The van der Waals surface area contributed by atoms with Crippen molar-refractivity contribution in [3.8, 4) is 0 Å². The second-order valence-electron chi connectivity index (χ2n) is 6.99. The molecule has 0 radical (unpaired) electrons. The van der Waals surface area contributed by atoms with Crippen LogP contribution in [-0.4, -0.2) is 37.4 Å². The molecule has 4 rings (SSSR count). The fraction of sp³-hybridized carbons (Fsp3) is 0.300. The number of aromatic nitrogens is 4. The highest BCUT2D eigenvalue weighted by molar-refractivity contribution is 5.92. The summed E-state index contributed by atoms with van der Waals surface area (Å²) in [6.07, 6.45) is 2.44. The first-order valence-electron chi connectivity index (χ1n) is 9.25. The molecular weight excluding hydrogens is 356 g/mol. The minimum Gasteiger partial charge on any atom is -0.349 e. The number of aryl methyl sites for hydroxylation is 1. The van der Waals surface area contributed by atoms with E-state index in [2.05, 4.69) is 20.8 Å². The monoisotopic (exact) mass is 378 g/mol. The molecule has 28 heavy (non-hydrogen) atoms. The molecule has 2 N–H and O–H groups in total. The van der Waals surface area contributed by atoms with Crippen LogP contribution in [0.25, 0.3) is 0 Å². The zero-order valence-corrected chi connectivity index (χ0v) is 15.6. The van der Waals surface area contributed by atoms with Gasteiger partial charge in [0.2, 0.25) is 5.91 Å². The highest BCUT2D eigenvalue weighted by Gasteiger charge is 2.26. The molecule has 3 aromatic rings. The number of hydrogen-bond donors (Lipinski definition) is 2. The lowest BCUT2D eigenvalue weighted by molar-refractivity contribution is -0.122. The molecule has 0 spiro atoms. The SMILES string of the molecule is Cc1ccn(CC(=O)NC2Cc3cc(C(=O)NCc4ccccc4)nn3C2)n1. The Morgan fingerprint density at radius 2 is 2.00 bits per heavy atom. The number of amides is 2. The Kier molecular flexibility index (Phi) is 4.92. The van der Waals surface area contributed by atoms with E-state index in [1.807, 2.05) is 43.3 Å². The fourth-order valence-electron chi connectivity index (χ4n) is 3.35. The van der Waals surface area contributed by atoms with Gasteiger partial charge in [-0.2, -0.15) is 10.2 Å². The maximum Gasteiger partial charge on any atom is 0.272 e. The van der Waals surface area contributed by atoms with Crippen molar-refractivity contribution in [1.29, 1.82) is 0 Å². The number of carbonyl (C=O) groups is 2. The topological polar surface area (TPSA) is 93.8 Å². The Morgan fingerprint density at radius 3 is 2.71 bits per heavy atom. The summed E-state index contributed by atoms with van der Waals surface area (Å²) in [4.78, 5) is 24.5. The predicted octanol–water partition coefficient (Wildman–Crippen LogP) is 1.06. The van der Waals surface area contributed by atoms with Gasteiger partial charge < -0.3 is 10.6 Å². The summed E-state index contributed by atoms with van der Waals surface area (Å²) in [6.45, 7) is 3.11. The number of carbonyl (C=O) groups excluding carboxylic acids is 2. The zero-order chi connectivity index (χ0) is 19.5. The van der Waals surface area contributed by atoms with Gasteiger partial charge in [0.1, 0.15) is 12.2 Å². The van der Waals surface area contributed by atoms with Gasteiger partial charge in [-0.1, -0.05) is 30.3 Å². The van der Waals surface area contributed by atoms with Crippen LogP contribution in [0.1, 0.15) is 27.4 Å². The first kappa shape index (κ1) is 18.0. The number of benzene rings is 1. The van der Waals surface area contributed by atoms with E-state index in [0.717, 1.165) is 17.0 Å². The lowest BCUT2D eigenvalue weighted by Crippen LogP contribution is -2.38. The first-order valence-corrected chi connectivity index (χ1v) is 9.25. The van der Waals surface area contributed by atoms with E-state index in [0.29, 0.717) is 25.2 Å². The van der Waals surface area contributed by atoms with Gasteiger partial charge in [0.05, 0.1) is 18.3 Å². The van der Waals surface area contributed by atoms with Gasteiger partial charge in [0.25, 0.3) is 5.91 Å². The van der Waals surface area contributed by atoms with E-state index in [1.165, 1.54) is 0 Å². The van der Waals surface area contributed by atoms with Gasteiger partial charge in [0.15, 0.2) is 0 Å². The molecule has 3 heterocycles. The van der Waals surface area contributed by atoms with Gasteiger partial charge >= 0.3 is 0 Å². The van der Waals surface area contributed by atoms with E-state index >= 15 is 0 Å². The summed E-state index contributed by atoms with van der Waals surface area (Å²) in [5.74, 6) is -0.278. The molecule has 0 saturated heterocycles. The largest absolute Gasteiger partial charge is 0.349 e. The maximum absolute atomic E-state index is 12.3. The van der Waals surface area contributed by atoms with Crippen LogP contribution in [-0.2, 0) is 30.8 Å². The summed E-state index contributed by atoms with van der Waals surface area (Å²) in [5.41, 5.74) is 3.28. The first-order chi connectivity index (χ1) is 13.6. The van der Waals surface area contributed by atoms with Gasteiger partial charge in [-0.25, -0.2) is 0 Å². The molecule has 1 unspecified atom stereocenters. The number of nitrogens with one attached hydrogen (secondary N) is 2. The molecule has 1 aliphatic heterocycles. The predicted molar refractivity (Wildman–Crippen MR) is 102 cm³/mol. The molecule has 8 heteroatoms. The Bertz CT molecular complexity index is 968. The highest BCUT2D eigenvalue weighted by atomic mass is 16.2. The Morgan fingerprint density at radius 1 is 1.18 bits per heavy atom. The molecule has 0 aliphatic carbocycles. The lowest BCUT2D eigenvalue weighted by atomic mass is 10.2. The summed E-state index contributed by atoms with van der Waals surface area (Å²) in [7, 11) is 0. The minimum atomic E-state index is -0.194. The summed E-state index contributed by atoms with van der Waals surface area (Å²) >= 11 is 0. The van der Waals surface area contributed by atoms with Crippen LogP contribution in [0.4, 0.5) is 0 Å². The highest BCUT2D eigenvalue weighted by Crippen LogP contribution is 2.16. The van der Waals surface area contributed by atoms with Crippen molar-refractivity contribution in [3.63, 3.8) is 0 Å². The zero-order valence-electron chi connectivity index (χ0n) is 15.6. The van der Waals surface area contributed by atoms with Crippen LogP contribution in [0.15, 0.2) is 48.7 Å². The van der Waals surface area contributed by atoms with Crippen molar-refractivity contribution in [3.05, 3.63) is 71.3 Å². The third-order valence-electron chi connectivity index (χ3n) is 4.69. The third-order valence-corrected chi connectivity index (χ3v) is 4.69. The van der Waals surface area contributed by atoms with Crippen LogP contribution in [0.3, 0.4) is 0 Å². The van der Waals surface area contributed by atoms with Crippen molar-refractivity contribution in [2.24, 2.45) is 0 Å². The summed E-state index contributed by atoms with van der Waals surface area (Å²) in [6, 6.07) is 13.4. The lowest BCUT2D eigenvalue weighted by Gasteiger charge is -2.11. The van der Waals surface area contributed by atoms with Crippen molar-refractivity contribution in [1.82, 2.24) is 30.2 Å². The number of rotatable bonds is 6. The van der Waals surface area contributed by atoms with Gasteiger partial charge in [-0.3, -0.25) is 19.0 Å². The molecule has 8 nitrogen and oxygen atoms in total. The van der Waals surface area contributed by atoms with Crippen molar-refractivity contribution >= 4 is 11.8 Å². The van der Waals surface area contributed by atoms with Gasteiger partial charge in [0, 0.05) is 24.9 Å². The quantitative estimate of drug-likeness (QED) is 0.671. The molecule has 144 valence electrons. The van der Waals surface area contributed by atoms with Crippen LogP contribution in [0.5, 0.6) is 0 Å². The van der Waals surface area contributed by atoms with E-state index < -0.39 is 0 Å². The van der Waals surface area contributed by atoms with Crippen LogP contribution in [0, 0.1) is 6.92 Å². The smallest absolute Gasteiger partial charge is 0.272 e. The molecule has 0 bridgehead atoms. The average molecular weight is 378 g/mol. The van der Waals surface area contributed by atoms with E-state index in [1.54, 1.807) is 21.6 Å². The molecular formula is C20H22N6O2. The Hall–Kier alpha value is -3.42. The van der Waals surface area contributed by atoms with Gasteiger partial charge in [-0.15, -0.1) is 0 Å². The molecule has 2 aromatic heterocycles. The Balaban J connectivity index is 1.28. The fourth-order valence-corrected chi connectivity index (χ4v) is 3.35. The summed E-state index contributed by atoms with van der Waals surface area (Å²) < 4.78 is 3.41. The number of fused-ring (bicyclic) bond motifs is 1. The van der Waals surface area contributed by atoms with Crippen molar-refractivity contribution < 1.29 is 9.59 Å². The average Bonchev–Trinajstić information content (AvgIpc) is 3.35. The number of nitrogens with zero attached hydrogens (tertiary/aromatic N) is 4. The molecule has 1 aliphatic rings. The molecule has 1 aromatic carbocycles. The van der Waals surface area contributed by atoms with Crippen molar-refractivity contribution in [2.45, 2.75) is 39.0 Å². The maximum atomic E-state index is 12.3. The van der Waals surface area contributed by atoms with E-state index in [9.17, 15) is 9.59 Å². The molecule has 1 atom stereocenters. The van der Waals surface area contributed by atoms with Gasteiger partial charge in [-0.05, 0) is 24.6 Å². The third kappa shape index (κ3) is 4.11. The second-order valence-corrected chi connectivity index (χ2v) is 6.99. The van der Waals surface area contributed by atoms with Crippen LogP contribution >= 0.6 is 0 Å². The van der Waals surface area contributed by atoms with Crippen LogP contribution in [0.2, 0.25) is 0 Å². The standard InChI is InChI=1S/C20H22N6O2/c1-14-7-8-25(23-14)13-19(27)22-16-9-17-10-18(24-26(17)12-16)20(28)21-11-15-5-3-2-4-6-15/h2-8,10,16H,9,11-13H2,1H3,(H,21,28)(H,22,27). The minimum absolute atomic E-state index is 0.0203. The summed E-state index contributed by atoms with van der Waals surface area (Å²) in [5, 5.41) is 14.5. The normalized spacial score (nSPS) is 15.2. The molecule has 0 saturated carbocycles. The molecule has 0 fully saturated rings. The van der Waals surface area contributed by atoms with Crippen molar-refractivity contribution in [2.75, 3.05) is 0 Å². The van der Waals surface area contributed by atoms with E-state index in [4.69, 9.17) is 0 Å². The van der Waals surface area contributed by atoms with Crippen LogP contribution < -0.4 is 10.6 Å². The second kappa shape index (κ2) is 7.67. The number of hydrogen-bond acceptors (Lipinski definition) is 4.